The molecule has 2 aromatic rings. The summed E-state index contributed by atoms with van der Waals surface area (Å²) in [5, 5.41) is 4.98. The van der Waals surface area contributed by atoms with E-state index in [-0.39, 0.29) is 9.79 Å². The summed E-state index contributed by atoms with van der Waals surface area (Å²) in [7, 11) is -7.96. The number of primary sulfonamides is 1. The van der Waals surface area contributed by atoms with E-state index in [1.807, 2.05) is 10.9 Å². The Morgan fingerprint density at radius 2 is 1.59 bits per heavy atom. The summed E-state index contributed by atoms with van der Waals surface area (Å²) in [4.78, 5) is 15.5. The van der Waals surface area contributed by atoms with Crippen LogP contribution in [0.4, 0.5) is 0 Å². The first-order valence-corrected chi connectivity index (χ1v) is 12.1. The lowest BCUT2D eigenvalue weighted by atomic mass is 10.1. The first-order chi connectivity index (χ1) is 12.7. The molecular weight excluding hydrogens is 410 g/mol. The van der Waals surface area contributed by atoms with E-state index in [2.05, 4.69) is 5.43 Å². The summed E-state index contributed by atoms with van der Waals surface area (Å²) >= 11 is 1.38. The summed E-state index contributed by atoms with van der Waals surface area (Å²) in [6, 6.07) is 6.18. The highest BCUT2D eigenvalue weighted by molar-refractivity contribution is 7.89. The summed E-state index contributed by atoms with van der Waals surface area (Å²) in [5.74, 6) is -0.530. The number of aryl methyl sites for hydroxylation is 2. The van der Waals surface area contributed by atoms with Crippen LogP contribution in [-0.2, 0) is 32.9 Å². The van der Waals surface area contributed by atoms with Gasteiger partial charge in [0.05, 0.1) is 14.7 Å². The molecule has 1 heterocycles. The molecule has 0 saturated carbocycles. The molecule has 0 unspecified atom stereocenters. The fourth-order valence-electron chi connectivity index (χ4n) is 2.82. The van der Waals surface area contributed by atoms with Crippen molar-refractivity contribution in [1.29, 1.82) is 0 Å². The van der Waals surface area contributed by atoms with Gasteiger partial charge in [-0.05, 0) is 61.6 Å². The molecule has 3 rings (SSSR count). The van der Waals surface area contributed by atoms with Gasteiger partial charge in [0.2, 0.25) is 10.0 Å². The minimum absolute atomic E-state index is 0.197. The van der Waals surface area contributed by atoms with Gasteiger partial charge >= 0.3 is 0 Å². The fourth-order valence-corrected chi connectivity index (χ4v) is 5.33. The van der Waals surface area contributed by atoms with E-state index in [0.717, 1.165) is 55.5 Å². The first-order valence-electron chi connectivity index (χ1n) is 8.23. The molecule has 11 heteroatoms. The zero-order chi connectivity index (χ0) is 19.7. The molecule has 0 bridgehead atoms. The van der Waals surface area contributed by atoms with Crippen LogP contribution in [0, 0.1) is 0 Å². The van der Waals surface area contributed by atoms with E-state index in [0.29, 0.717) is 4.88 Å². The maximum Gasteiger partial charge on any atom is 0.276 e. The second kappa shape index (κ2) is 7.68. The number of hydrogen-bond acceptors (Lipinski definition) is 6. The minimum Gasteiger partial charge on any atom is -0.273 e. The summed E-state index contributed by atoms with van der Waals surface area (Å²) in [6.45, 7) is 0. The Morgan fingerprint density at radius 3 is 2.26 bits per heavy atom. The third-order valence-corrected chi connectivity index (χ3v) is 7.66. The average molecular weight is 430 g/mol. The van der Waals surface area contributed by atoms with Gasteiger partial charge < -0.3 is 0 Å². The topological polar surface area (TPSA) is 135 Å². The number of rotatable bonds is 5. The van der Waals surface area contributed by atoms with E-state index < -0.39 is 26.0 Å². The smallest absolute Gasteiger partial charge is 0.273 e. The molecule has 0 aliphatic heterocycles. The summed E-state index contributed by atoms with van der Waals surface area (Å²) in [5.41, 5.74) is 3.35. The van der Waals surface area contributed by atoms with E-state index >= 15 is 0 Å². The number of benzene rings is 1. The molecule has 1 aliphatic rings. The second-order valence-electron chi connectivity index (χ2n) is 6.20. The van der Waals surface area contributed by atoms with Crippen LogP contribution in [0.25, 0.3) is 0 Å². The number of hydrazine groups is 1. The SMILES string of the molecule is NS(=O)(=O)c1ccc(S(=O)(=O)NNC(=O)c2cc3c(s2)CCCCC3)cc1. The normalized spacial score (nSPS) is 15.0. The van der Waals surface area contributed by atoms with Gasteiger partial charge in [-0.25, -0.2) is 22.0 Å². The van der Waals surface area contributed by atoms with Gasteiger partial charge in [0, 0.05) is 4.88 Å². The van der Waals surface area contributed by atoms with E-state index in [9.17, 15) is 21.6 Å². The van der Waals surface area contributed by atoms with E-state index in [1.54, 1.807) is 0 Å². The van der Waals surface area contributed by atoms with Gasteiger partial charge in [0.25, 0.3) is 15.9 Å². The van der Waals surface area contributed by atoms with Crippen molar-refractivity contribution >= 4 is 37.3 Å². The molecule has 1 aromatic carbocycles. The van der Waals surface area contributed by atoms with Crippen LogP contribution in [0.1, 0.15) is 39.4 Å². The molecule has 0 radical (unpaired) electrons. The Kier molecular flexibility index (Phi) is 5.68. The first kappa shape index (κ1) is 20.0. The maximum absolute atomic E-state index is 12.3. The molecule has 0 saturated heterocycles. The van der Waals surface area contributed by atoms with Crippen LogP contribution in [0.2, 0.25) is 0 Å². The van der Waals surface area contributed by atoms with Crippen LogP contribution in [0.5, 0.6) is 0 Å². The zero-order valence-electron chi connectivity index (χ0n) is 14.3. The Labute approximate surface area is 161 Å². The van der Waals surface area contributed by atoms with Gasteiger partial charge in [0.15, 0.2) is 0 Å². The molecular formula is C16H19N3O5S3. The molecule has 1 aliphatic carbocycles. The van der Waals surface area contributed by atoms with Crippen LogP contribution in [0.3, 0.4) is 0 Å². The van der Waals surface area contributed by atoms with Crippen molar-refractivity contribution in [3.05, 3.63) is 45.6 Å². The van der Waals surface area contributed by atoms with Gasteiger partial charge in [-0.1, -0.05) is 6.42 Å². The number of thiophene rings is 1. The van der Waals surface area contributed by atoms with Crippen molar-refractivity contribution in [3.8, 4) is 0 Å². The number of nitrogens with two attached hydrogens (primary N) is 1. The number of carbonyl (C=O) groups is 1. The molecule has 1 aromatic heterocycles. The highest BCUT2D eigenvalue weighted by atomic mass is 32.2. The standard InChI is InChI=1S/C16H19N3O5S3/c17-26(21,22)12-6-8-13(9-7-12)27(23,24)19-18-16(20)15-10-11-4-2-1-3-5-14(11)25-15/h6-10,19H,1-5H2,(H,18,20)(H2,17,21,22). The number of hydrogen-bond donors (Lipinski definition) is 3. The molecule has 0 fully saturated rings. The number of amides is 1. The summed E-state index contributed by atoms with van der Waals surface area (Å²) < 4.78 is 47.0. The molecule has 0 atom stereocenters. The van der Waals surface area contributed by atoms with Gasteiger partial charge in [-0.3, -0.25) is 10.2 Å². The second-order valence-corrected chi connectivity index (χ2v) is 10.6. The van der Waals surface area contributed by atoms with Crippen molar-refractivity contribution in [2.75, 3.05) is 0 Å². The number of sulfonamides is 2. The average Bonchev–Trinajstić information content (AvgIpc) is 2.90. The minimum atomic E-state index is -4.05. The van der Waals surface area contributed by atoms with Crippen molar-refractivity contribution in [1.82, 2.24) is 10.3 Å². The Morgan fingerprint density at radius 1 is 0.963 bits per heavy atom. The Bertz CT molecular complexity index is 1030. The number of fused-ring (bicyclic) bond motifs is 1. The number of carbonyl (C=O) groups excluding carboxylic acids is 1. The third-order valence-electron chi connectivity index (χ3n) is 4.23. The van der Waals surface area contributed by atoms with Crippen molar-refractivity contribution < 1.29 is 21.6 Å². The van der Waals surface area contributed by atoms with Crippen molar-refractivity contribution in [3.63, 3.8) is 0 Å². The largest absolute Gasteiger partial charge is 0.276 e. The molecule has 146 valence electrons. The fraction of sp³-hybridized carbons (Fsp3) is 0.312. The molecule has 0 spiro atoms. The van der Waals surface area contributed by atoms with Crippen LogP contribution in [-0.4, -0.2) is 22.7 Å². The van der Waals surface area contributed by atoms with Crippen molar-refractivity contribution in [2.24, 2.45) is 5.14 Å². The van der Waals surface area contributed by atoms with E-state index in [1.165, 1.54) is 22.6 Å². The van der Waals surface area contributed by atoms with Crippen molar-refractivity contribution in [2.45, 2.75) is 41.9 Å². The third kappa shape index (κ3) is 4.74. The van der Waals surface area contributed by atoms with Gasteiger partial charge in [-0.15, -0.1) is 16.2 Å². The number of nitrogens with one attached hydrogen (secondary N) is 2. The van der Waals surface area contributed by atoms with Gasteiger partial charge in [0.1, 0.15) is 0 Å². The van der Waals surface area contributed by atoms with Crippen LogP contribution in [0.15, 0.2) is 40.1 Å². The lowest BCUT2D eigenvalue weighted by Gasteiger charge is -2.08. The zero-order valence-corrected chi connectivity index (χ0v) is 16.7. The molecule has 4 N–H and O–H groups in total. The highest BCUT2D eigenvalue weighted by Crippen LogP contribution is 2.28. The molecule has 27 heavy (non-hydrogen) atoms. The van der Waals surface area contributed by atoms with Gasteiger partial charge in [-0.2, -0.15) is 0 Å². The lowest BCUT2D eigenvalue weighted by Crippen LogP contribution is -2.41. The van der Waals surface area contributed by atoms with E-state index in [4.69, 9.17) is 5.14 Å². The highest BCUT2D eigenvalue weighted by Gasteiger charge is 2.20. The Balaban J connectivity index is 1.69. The monoisotopic (exact) mass is 429 g/mol. The summed E-state index contributed by atoms with van der Waals surface area (Å²) in [6.07, 6.45) is 5.23. The predicted octanol–water partition coefficient (Wildman–Crippen LogP) is 1.29. The Hall–Kier alpha value is -1.79. The maximum atomic E-state index is 12.3. The van der Waals surface area contributed by atoms with Crippen LogP contribution < -0.4 is 15.4 Å². The quantitative estimate of drug-likeness (QED) is 0.486. The van der Waals surface area contributed by atoms with Crippen LogP contribution >= 0.6 is 11.3 Å². The molecule has 8 nitrogen and oxygen atoms in total. The predicted molar refractivity (Wildman–Crippen MR) is 101 cm³/mol. The lowest BCUT2D eigenvalue weighted by molar-refractivity contribution is 0.0949. The molecule has 1 amide bonds.